The molecule has 1 fully saturated rings. The number of nitrogens with zero attached hydrogens (tertiary/aromatic N) is 1. The second kappa shape index (κ2) is 6.00. The lowest BCUT2D eigenvalue weighted by atomic mass is 10.1. The largest absolute Gasteiger partial charge is 0.394 e. The Bertz CT molecular complexity index is 533. The number of carbonyl (C=O) groups is 2. The van der Waals surface area contributed by atoms with Gasteiger partial charge in [-0.15, -0.1) is 0 Å². The molecule has 0 saturated carbocycles. The Labute approximate surface area is 116 Å². The van der Waals surface area contributed by atoms with E-state index in [1.165, 1.54) is 24.0 Å². The van der Waals surface area contributed by atoms with Crippen LogP contribution >= 0.6 is 0 Å². The first kappa shape index (κ1) is 14.5. The highest BCUT2D eigenvalue weighted by Crippen LogP contribution is 2.23. The predicted molar refractivity (Wildman–Crippen MR) is 71.8 cm³/mol. The van der Waals surface area contributed by atoms with E-state index in [1.807, 2.05) is 0 Å². The monoisotopic (exact) mass is 280 g/mol. The number of carbonyl (C=O) groups excluding carboxylic acids is 2. The van der Waals surface area contributed by atoms with Crippen LogP contribution in [0, 0.1) is 5.82 Å². The van der Waals surface area contributed by atoms with Crippen molar-refractivity contribution in [3.63, 3.8) is 0 Å². The van der Waals surface area contributed by atoms with E-state index in [2.05, 4.69) is 5.32 Å². The summed E-state index contributed by atoms with van der Waals surface area (Å²) in [5.74, 6) is -1.37. The van der Waals surface area contributed by atoms with Gasteiger partial charge >= 0.3 is 0 Å². The van der Waals surface area contributed by atoms with Crippen LogP contribution in [0.4, 0.5) is 10.1 Å². The van der Waals surface area contributed by atoms with Crippen LogP contribution in [0.25, 0.3) is 0 Å². The summed E-state index contributed by atoms with van der Waals surface area (Å²) in [6, 6.07) is 3.63. The van der Waals surface area contributed by atoms with Crippen LogP contribution in [0.5, 0.6) is 0 Å². The standard InChI is InChI=1S/C14H17FN2O3/c1-9(19)16-10-4-5-13(15)12(7-10)14(20)17-6-2-3-11(17)8-18/h4-5,7,11,18H,2-3,6,8H2,1H3,(H,16,19)/t11-/m1/s1. The lowest BCUT2D eigenvalue weighted by Gasteiger charge is -2.23. The molecular weight excluding hydrogens is 263 g/mol. The summed E-state index contributed by atoms with van der Waals surface area (Å²) >= 11 is 0. The number of rotatable bonds is 3. The Morgan fingerprint density at radius 2 is 2.25 bits per heavy atom. The fourth-order valence-corrected chi connectivity index (χ4v) is 2.42. The minimum atomic E-state index is -0.632. The van der Waals surface area contributed by atoms with Crippen molar-refractivity contribution in [2.24, 2.45) is 0 Å². The Kier molecular flexibility index (Phi) is 4.34. The molecule has 1 atom stereocenters. The number of aliphatic hydroxyl groups excluding tert-OH is 1. The fourth-order valence-electron chi connectivity index (χ4n) is 2.42. The smallest absolute Gasteiger partial charge is 0.257 e. The molecule has 0 aromatic heterocycles. The van der Waals surface area contributed by atoms with Crippen LogP contribution < -0.4 is 5.32 Å². The summed E-state index contributed by atoms with van der Waals surface area (Å²) in [5.41, 5.74) is 0.290. The van der Waals surface area contributed by atoms with E-state index in [9.17, 15) is 19.1 Å². The molecule has 2 amide bonds. The van der Waals surface area contributed by atoms with Gasteiger partial charge in [0.15, 0.2) is 0 Å². The van der Waals surface area contributed by atoms with Crippen LogP contribution in [0.1, 0.15) is 30.1 Å². The molecule has 1 aromatic carbocycles. The van der Waals surface area contributed by atoms with Crippen molar-refractivity contribution >= 4 is 17.5 Å². The van der Waals surface area contributed by atoms with Crippen molar-refractivity contribution in [1.82, 2.24) is 4.90 Å². The first-order valence-corrected chi connectivity index (χ1v) is 6.52. The zero-order valence-corrected chi connectivity index (χ0v) is 11.2. The molecule has 108 valence electrons. The molecule has 1 aliphatic rings. The zero-order chi connectivity index (χ0) is 14.7. The minimum absolute atomic E-state index is 0.0865. The van der Waals surface area contributed by atoms with Crippen molar-refractivity contribution in [3.8, 4) is 0 Å². The number of hydrogen-bond donors (Lipinski definition) is 2. The molecule has 20 heavy (non-hydrogen) atoms. The highest BCUT2D eigenvalue weighted by molar-refractivity contribution is 5.97. The van der Waals surface area contributed by atoms with Gasteiger partial charge in [0, 0.05) is 19.2 Å². The van der Waals surface area contributed by atoms with Crippen LogP contribution in [-0.4, -0.2) is 41.0 Å². The average molecular weight is 280 g/mol. The number of likely N-dealkylation sites (tertiary alicyclic amines) is 1. The first-order chi connectivity index (χ1) is 9.52. The molecule has 2 rings (SSSR count). The molecule has 6 heteroatoms. The molecule has 5 nitrogen and oxygen atoms in total. The molecule has 0 spiro atoms. The molecular formula is C14H17FN2O3. The van der Waals surface area contributed by atoms with Crippen molar-refractivity contribution < 1.29 is 19.1 Å². The Hall–Kier alpha value is -1.95. The number of aliphatic hydroxyl groups is 1. The number of amides is 2. The van der Waals surface area contributed by atoms with E-state index in [-0.39, 0.29) is 24.1 Å². The van der Waals surface area contributed by atoms with Crippen molar-refractivity contribution in [1.29, 1.82) is 0 Å². The van der Waals surface area contributed by atoms with E-state index in [1.54, 1.807) is 0 Å². The Balaban J connectivity index is 2.26. The lowest BCUT2D eigenvalue weighted by molar-refractivity contribution is -0.114. The number of benzene rings is 1. The van der Waals surface area contributed by atoms with E-state index >= 15 is 0 Å². The summed E-state index contributed by atoms with van der Waals surface area (Å²) in [7, 11) is 0. The van der Waals surface area contributed by atoms with Gasteiger partial charge in [-0.25, -0.2) is 4.39 Å². The van der Waals surface area contributed by atoms with Crippen LogP contribution in [0.3, 0.4) is 0 Å². The van der Waals surface area contributed by atoms with Gasteiger partial charge in [0.05, 0.1) is 18.2 Å². The molecule has 0 aliphatic carbocycles. The Morgan fingerprint density at radius 1 is 1.50 bits per heavy atom. The zero-order valence-electron chi connectivity index (χ0n) is 11.2. The summed E-state index contributed by atoms with van der Waals surface area (Å²) in [5, 5.41) is 11.7. The topological polar surface area (TPSA) is 69.6 Å². The Morgan fingerprint density at radius 3 is 2.90 bits per heavy atom. The molecule has 1 heterocycles. The van der Waals surface area contributed by atoms with E-state index in [0.717, 1.165) is 18.9 Å². The molecule has 1 saturated heterocycles. The quantitative estimate of drug-likeness (QED) is 0.879. The van der Waals surface area contributed by atoms with Crippen molar-refractivity contribution in [2.75, 3.05) is 18.5 Å². The van der Waals surface area contributed by atoms with E-state index in [0.29, 0.717) is 12.2 Å². The highest BCUT2D eigenvalue weighted by Gasteiger charge is 2.30. The lowest BCUT2D eigenvalue weighted by Crippen LogP contribution is -2.38. The van der Waals surface area contributed by atoms with Gasteiger partial charge in [0.25, 0.3) is 5.91 Å². The molecule has 0 bridgehead atoms. The average Bonchev–Trinajstić information content (AvgIpc) is 2.88. The normalized spacial score (nSPS) is 18.1. The van der Waals surface area contributed by atoms with Gasteiger partial charge in [-0.05, 0) is 31.0 Å². The summed E-state index contributed by atoms with van der Waals surface area (Å²) in [6.45, 7) is 1.72. The van der Waals surface area contributed by atoms with Crippen LogP contribution in [-0.2, 0) is 4.79 Å². The highest BCUT2D eigenvalue weighted by atomic mass is 19.1. The molecule has 1 aliphatic heterocycles. The SMILES string of the molecule is CC(=O)Nc1ccc(F)c(C(=O)N2CCC[C@@H]2CO)c1. The molecule has 0 radical (unpaired) electrons. The van der Waals surface area contributed by atoms with E-state index < -0.39 is 11.7 Å². The third kappa shape index (κ3) is 2.96. The maximum absolute atomic E-state index is 13.8. The first-order valence-electron chi connectivity index (χ1n) is 6.52. The fraction of sp³-hybridized carbons (Fsp3) is 0.429. The van der Waals surface area contributed by atoms with Crippen molar-refractivity contribution in [2.45, 2.75) is 25.8 Å². The minimum Gasteiger partial charge on any atom is -0.394 e. The third-order valence-electron chi connectivity index (χ3n) is 3.37. The third-order valence-corrected chi connectivity index (χ3v) is 3.37. The van der Waals surface area contributed by atoms with Crippen LogP contribution in [0.15, 0.2) is 18.2 Å². The van der Waals surface area contributed by atoms with Crippen molar-refractivity contribution in [3.05, 3.63) is 29.6 Å². The van der Waals surface area contributed by atoms with Gasteiger partial charge in [-0.3, -0.25) is 9.59 Å². The van der Waals surface area contributed by atoms with Gasteiger partial charge < -0.3 is 15.3 Å². The predicted octanol–water partition coefficient (Wildman–Crippen LogP) is 1.38. The van der Waals surface area contributed by atoms with Gasteiger partial charge in [0.2, 0.25) is 5.91 Å². The van der Waals surface area contributed by atoms with Gasteiger partial charge in [-0.1, -0.05) is 0 Å². The number of nitrogens with one attached hydrogen (secondary N) is 1. The maximum atomic E-state index is 13.8. The molecule has 1 aromatic rings. The second-order valence-electron chi connectivity index (χ2n) is 4.85. The number of hydrogen-bond acceptors (Lipinski definition) is 3. The van der Waals surface area contributed by atoms with Gasteiger partial charge in [0.1, 0.15) is 5.82 Å². The summed E-state index contributed by atoms with van der Waals surface area (Å²) in [4.78, 5) is 24.8. The van der Waals surface area contributed by atoms with Gasteiger partial charge in [-0.2, -0.15) is 0 Å². The molecule has 0 unspecified atom stereocenters. The number of anilines is 1. The number of halogens is 1. The van der Waals surface area contributed by atoms with E-state index in [4.69, 9.17) is 0 Å². The second-order valence-corrected chi connectivity index (χ2v) is 4.85. The summed E-state index contributed by atoms with van der Waals surface area (Å²) < 4.78 is 13.8. The summed E-state index contributed by atoms with van der Waals surface area (Å²) in [6.07, 6.45) is 1.51. The molecule has 2 N–H and O–H groups in total. The van der Waals surface area contributed by atoms with Crippen LogP contribution in [0.2, 0.25) is 0 Å². The maximum Gasteiger partial charge on any atom is 0.257 e.